The average molecular weight is 347 g/mol. The Morgan fingerprint density at radius 2 is 1.68 bits per heavy atom. The molecule has 2 N–H and O–H groups in total. The third-order valence-electron chi connectivity index (χ3n) is 9.18. The maximum Gasteiger partial charge on any atom is 0.327 e. The SMILES string of the molecule is C[C@]12CC[C@H]3[C@@H](CCC4CC(O)CC[C@@]43C)[C@@H]1CC[C@@H]2/C=C/C(=O)O. The lowest BCUT2D eigenvalue weighted by atomic mass is 9.44. The fourth-order valence-electron chi connectivity index (χ4n) is 7.79. The third-order valence-corrected chi connectivity index (χ3v) is 9.18. The lowest BCUT2D eigenvalue weighted by Crippen LogP contribution is -2.53. The fraction of sp³-hybridized carbons (Fsp3) is 0.864. The van der Waals surface area contributed by atoms with Crippen LogP contribution < -0.4 is 0 Å². The Hall–Kier alpha value is -0.830. The summed E-state index contributed by atoms with van der Waals surface area (Å²) in [6.07, 6.45) is 14.1. The van der Waals surface area contributed by atoms with E-state index in [4.69, 9.17) is 5.11 Å². The summed E-state index contributed by atoms with van der Waals surface area (Å²) in [6, 6.07) is 0. The summed E-state index contributed by atoms with van der Waals surface area (Å²) in [4.78, 5) is 11.0. The molecular formula is C22H34O3. The van der Waals surface area contributed by atoms with Crippen molar-refractivity contribution in [3.8, 4) is 0 Å². The Labute approximate surface area is 151 Å². The van der Waals surface area contributed by atoms with Crippen molar-refractivity contribution >= 4 is 5.97 Å². The Bertz CT molecular complexity index is 570. The quantitative estimate of drug-likeness (QED) is 0.716. The Kier molecular flexibility index (Phi) is 4.30. The molecule has 140 valence electrons. The van der Waals surface area contributed by atoms with E-state index in [0.29, 0.717) is 22.7 Å². The second-order valence-electron chi connectivity index (χ2n) is 10.0. The van der Waals surface area contributed by atoms with Crippen LogP contribution in [0.1, 0.15) is 71.6 Å². The maximum atomic E-state index is 11.0. The highest BCUT2D eigenvalue weighted by atomic mass is 16.4. The molecule has 4 fully saturated rings. The topological polar surface area (TPSA) is 57.5 Å². The van der Waals surface area contributed by atoms with E-state index in [1.807, 2.05) is 6.08 Å². The normalized spacial score (nSPS) is 52.4. The molecule has 0 aliphatic heterocycles. The van der Waals surface area contributed by atoms with Gasteiger partial charge in [0.2, 0.25) is 0 Å². The fourth-order valence-corrected chi connectivity index (χ4v) is 7.79. The van der Waals surface area contributed by atoms with Crippen LogP contribution in [0.5, 0.6) is 0 Å². The van der Waals surface area contributed by atoms with Crippen LogP contribution >= 0.6 is 0 Å². The molecular weight excluding hydrogens is 312 g/mol. The number of carboxylic acid groups (broad SMARTS) is 1. The molecule has 0 aromatic carbocycles. The molecule has 0 spiro atoms. The van der Waals surface area contributed by atoms with Crippen LogP contribution in [0.15, 0.2) is 12.2 Å². The highest BCUT2D eigenvalue weighted by Crippen LogP contribution is 2.67. The third kappa shape index (κ3) is 2.69. The number of hydrogen-bond donors (Lipinski definition) is 2. The Balaban J connectivity index is 1.57. The first-order valence-corrected chi connectivity index (χ1v) is 10.4. The molecule has 2 unspecified atom stereocenters. The van der Waals surface area contributed by atoms with E-state index in [-0.39, 0.29) is 6.10 Å². The van der Waals surface area contributed by atoms with Gasteiger partial charge < -0.3 is 10.2 Å². The van der Waals surface area contributed by atoms with E-state index in [1.165, 1.54) is 44.6 Å². The number of aliphatic hydroxyl groups excluding tert-OH is 1. The highest BCUT2D eigenvalue weighted by molar-refractivity contribution is 5.79. The van der Waals surface area contributed by atoms with Gasteiger partial charge in [-0.3, -0.25) is 0 Å². The van der Waals surface area contributed by atoms with Crippen molar-refractivity contribution in [3.05, 3.63) is 12.2 Å². The van der Waals surface area contributed by atoms with E-state index in [1.54, 1.807) is 0 Å². The summed E-state index contributed by atoms with van der Waals surface area (Å²) in [5.74, 6) is 2.74. The number of carboxylic acids is 1. The molecule has 0 amide bonds. The highest BCUT2D eigenvalue weighted by Gasteiger charge is 2.59. The molecule has 0 aromatic heterocycles. The molecule has 3 nitrogen and oxygen atoms in total. The number of aliphatic hydroxyl groups is 1. The lowest BCUT2D eigenvalue weighted by molar-refractivity contribution is -0.131. The molecule has 3 heteroatoms. The predicted molar refractivity (Wildman–Crippen MR) is 98.0 cm³/mol. The Morgan fingerprint density at radius 3 is 2.44 bits per heavy atom. The van der Waals surface area contributed by atoms with Crippen LogP contribution in [0, 0.1) is 40.4 Å². The molecule has 4 aliphatic carbocycles. The summed E-state index contributed by atoms with van der Waals surface area (Å²) >= 11 is 0. The van der Waals surface area contributed by atoms with Crippen molar-refractivity contribution in [2.45, 2.75) is 77.7 Å². The lowest BCUT2D eigenvalue weighted by Gasteiger charge is -2.60. The molecule has 0 radical (unpaired) electrons. The second kappa shape index (κ2) is 6.11. The van der Waals surface area contributed by atoms with Gasteiger partial charge in [-0.15, -0.1) is 0 Å². The number of hydrogen-bond acceptors (Lipinski definition) is 2. The summed E-state index contributed by atoms with van der Waals surface area (Å²) in [6.45, 7) is 4.97. The van der Waals surface area contributed by atoms with Crippen LogP contribution in [0.25, 0.3) is 0 Å². The average Bonchev–Trinajstić information content (AvgIpc) is 2.90. The van der Waals surface area contributed by atoms with Crippen LogP contribution in [-0.4, -0.2) is 22.3 Å². The predicted octanol–water partition coefficient (Wildman–Crippen LogP) is 4.65. The van der Waals surface area contributed by atoms with Crippen molar-refractivity contribution in [2.24, 2.45) is 40.4 Å². The molecule has 4 aliphatic rings. The van der Waals surface area contributed by atoms with Crippen LogP contribution in [0.4, 0.5) is 0 Å². The van der Waals surface area contributed by atoms with Gasteiger partial charge in [-0.1, -0.05) is 19.9 Å². The molecule has 25 heavy (non-hydrogen) atoms. The second-order valence-corrected chi connectivity index (χ2v) is 10.0. The zero-order valence-electron chi connectivity index (χ0n) is 15.8. The number of fused-ring (bicyclic) bond motifs is 5. The van der Waals surface area contributed by atoms with Crippen molar-refractivity contribution in [3.63, 3.8) is 0 Å². The number of carbonyl (C=O) groups is 1. The smallest absolute Gasteiger partial charge is 0.327 e. The number of rotatable bonds is 2. The first-order chi connectivity index (χ1) is 11.8. The summed E-state index contributed by atoms with van der Waals surface area (Å²) < 4.78 is 0. The number of allylic oxidation sites excluding steroid dienone is 1. The number of aliphatic carboxylic acids is 1. The first-order valence-electron chi connectivity index (χ1n) is 10.4. The van der Waals surface area contributed by atoms with Gasteiger partial charge >= 0.3 is 5.97 Å². The Morgan fingerprint density at radius 1 is 0.960 bits per heavy atom. The minimum Gasteiger partial charge on any atom is -0.478 e. The largest absolute Gasteiger partial charge is 0.478 e. The van der Waals surface area contributed by atoms with Gasteiger partial charge in [0.05, 0.1) is 6.10 Å². The van der Waals surface area contributed by atoms with Gasteiger partial charge in [-0.2, -0.15) is 0 Å². The van der Waals surface area contributed by atoms with Gasteiger partial charge in [0.1, 0.15) is 0 Å². The van der Waals surface area contributed by atoms with E-state index in [9.17, 15) is 9.90 Å². The standard InChI is InChI=1S/C22H34O3/c1-21-12-10-19-17(18(21)7-4-14(21)5-8-20(24)25)6-3-15-13-16(23)9-11-22(15,19)2/h5,8,14-19,23H,3-4,6-7,9-13H2,1-2H3,(H,24,25)/b8-5+/t14-,15?,16?,17+,18+,19+,21-,22+/m1/s1. The van der Waals surface area contributed by atoms with E-state index in [0.717, 1.165) is 37.0 Å². The van der Waals surface area contributed by atoms with Crippen molar-refractivity contribution in [1.29, 1.82) is 0 Å². The van der Waals surface area contributed by atoms with Gasteiger partial charge in [0.25, 0.3) is 0 Å². The van der Waals surface area contributed by atoms with Crippen LogP contribution in [0.3, 0.4) is 0 Å². The monoisotopic (exact) mass is 346 g/mol. The van der Waals surface area contributed by atoms with Crippen molar-refractivity contribution in [1.82, 2.24) is 0 Å². The van der Waals surface area contributed by atoms with Crippen LogP contribution in [-0.2, 0) is 4.79 Å². The minimum atomic E-state index is -0.811. The zero-order chi connectivity index (χ0) is 17.8. The molecule has 4 rings (SSSR count). The summed E-state index contributed by atoms with van der Waals surface area (Å²) in [7, 11) is 0. The summed E-state index contributed by atoms with van der Waals surface area (Å²) in [5, 5.41) is 19.2. The summed E-state index contributed by atoms with van der Waals surface area (Å²) in [5.41, 5.74) is 0.725. The zero-order valence-corrected chi connectivity index (χ0v) is 15.8. The van der Waals surface area contributed by atoms with Crippen molar-refractivity contribution in [2.75, 3.05) is 0 Å². The molecule has 0 saturated heterocycles. The van der Waals surface area contributed by atoms with E-state index >= 15 is 0 Å². The maximum absolute atomic E-state index is 11.0. The van der Waals surface area contributed by atoms with E-state index < -0.39 is 5.97 Å². The van der Waals surface area contributed by atoms with Gasteiger partial charge in [-0.25, -0.2) is 4.79 Å². The first kappa shape index (κ1) is 17.6. The van der Waals surface area contributed by atoms with Gasteiger partial charge in [0, 0.05) is 6.08 Å². The van der Waals surface area contributed by atoms with Crippen molar-refractivity contribution < 1.29 is 15.0 Å². The van der Waals surface area contributed by atoms with Gasteiger partial charge in [0.15, 0.2) is 0 Å². The van der Waals surface area contributed by atoms with Gasteiger partial charge in [-0.05, 0) is 98.2 Å². The molecule has 0 aromatic rings. The molecule has 8 atom stereocenters. The minimum absolute atomic E-state index is 0.0690. The van der Waals surface area contributed by atoms with Crippen LogP contribution in [0.2, 0.25) is 0 Å². The molecule has 4 saturated carbocycles. The van der Waals surface area contributed by atoms with E-state index in [2.05, 4.69) is 13.8 Å². The molecule has 0 bridgehead atoms. The molecule has 0 heterocycles.